The Kier molecular flexibility index (Phi) is 19.0. The summed E-state index contributed by atoms with van der Waals surface area (Å²) in [6.45, 7) is -2.28. The topological polar surface area (TPSA) is 80.7 Å². The molecule has 0 atom stereocenters. The van der Waals surface area contributed by atoms with E-state index in [4.69, 9.17) is 4.55 Å². The van der Waals surface area contributed by atoms with Crippen LogP contribution < -0.4 is 0 Å². The van der Waals surface area contributed by atoms with E-state index in [1.807, 2.05) is 0 Å². The lowest BCUT2D eigenvalue weighted by molar-refractivity contribution is -0.457. The number of halogens is 27. The summed E-state index contributed by atoms with van der Waals surface area (Å²) in [4.78, 5) is 16.4. The van der Waals surface area contributed by atoms with Crippen molar-refractivity contribution in [3.8, 4) is 0 Å². The average molecular weight is 1200 g/mol. The van der Waals surface area contributed by atoms with Crippen molar-refractivity contribution in [2.75, 3.05) is 11.9 Å². The van der Waals surface area contributed by atoms with Crippen LogP contribution in [0, 0.1) is 0 Å². The fourth-order valence-corrected chi connectivity index (χ4v) is 9.43. The number of hydrogen-bond acceptors (Lipinski definition) is 4. The molecular weight excluding hydrogens is 1170 g/mol. The molecule has 5 nitrogen and oxygen atoms in total. The first-order chi connectivity index (χ1) is 32.2. The van der Waals surface area contributed by atoms with Crippen molar-refractivity contribution in [3.63, 3.8) is 0 Å². The molecule has 72 heavy (non-hydrogen) atoms. The van der Waals surface area contributed by atoms with Crippen LogP contribution in [0.25, 0.3) is 0 Å². The van der Waals surface area contributed by atoms with Crippen molar-refractivity contribution in [2.24, 2.45) is 0 Å². The minimum Gasteiger partial charge on any atom is -0.464 e. The summed E-state index contributed by atoms with van der Waals surface area (Å²) in [7, 11) is -9.63. The first-order valence-corrected chi connectivity index (χ1v) is 22.5. The highest BCUT2D eigenvalue weighted by molar-refractivity contribution is 9.09. The zero-order chi connectivity index (χ0) is 56.4. The van der Waals surface area contributed by atoms with Gasteiger partial charge in [-0.15, -0.1) is 0 Å². The average Bonchev–Trinajstić information content (AvgIpc) is 3.24. The van der Waals surface area contributed by atoms with Gasteiger partial charge in [-0.1, -0.05) is 83.4 Å². The highest BCUT2D eigenvalue weighted by Crippen LogP contribution is 2.69. The molecule has 3 rings (SSSR count). The molecule has 0 heterocycles. The number of esters is 1. The first-order valence-electron chi connectivity index (χ1n) is 18.7. The molecule has 0 radical (unpaired) electrons. The van der Waals surface area contributed by atoms with E-state index in [0.717, 1.165) is 0 Å². The molecule has 0 aliphatic heterocycles. The molecule has 3 aromatic rings. The smallest absolute Gasteiger partial charge is 0.460 e. The molecule has 0 spiro atoms. The van der Waals surface area contributed by atoms with Crippen LogP contribution in [0.3, 0.4) is 0 Å². The highest BCUT2D eigenvalue weighted by Gasteiger charge is 3.03. The molecule has 0 aliphatic rings. The fraction of sp³-hybridized carbons (Fsp3) is 0.500. The van der Waals surface area contributed by atoms with Gasteiger partial charge in [-0.2, -0.15) is 123 Å². The Labute approximate surface area is 398 Å². The van der Waals surface area contributed by atoms with Crippen LogP contribution in [0.2, 0.25) is 0 Å². The van der Waals surface area contributed by atoms with Gasteiger partial charge in [0.05, 0.1) is 17.5 Å². The summed E-state index contributed by atoms with van der Waals surface area (Å²) < 4.78 is 385. The number of alkyl halides is 27. The summed E-state index contributed by atoms with van der Waals surface area (Å²) >= 11 is 2.74. The SMILES string of the molecule is O=C(OCCCCCCBr)C(C(F)(F)C(F)(F)C(F)(F)C(F)(F)C(F)(F)C(F)(F)F)(C(F)(F)C(F)(F)C(F)(F)C(F)(F)C(F)(F)C(F)(F)F)S(=O)(=O)O.c1ccc([S+](c2ccccc2)c2ccccc2)cc1. The molecule has 1 N–H and O–H groups in total. The Hall–Kier alpha value is -3.95. The maximum Gasteiger partial charge on any atom is 0.460 e. The number of ether oxygens (including phenoxy) is 1. The predicted octanol–water partition coefficient (Wildman–Crippen LogP) is 14.4. The van der Waals surface area contributed by atoms with Gasteiger partial charge in [-0.25, -0.2) is 4.79 Å². The number of rotatable bonds is 21. The van der Waals surface area contributed by atoms with Crippen molar-refractivity contribution >= 4 is 42.9 Å². The Bertz CT molecular complexity index is 2200. The van der Waals surface area contributed by atoms with Crippen LogP contribution in [0.15, 0.2) is 106 Å². The molecule has 3 aromatic carbocycles. The van der Waals surface area contributed by atoms with E-state index in [0.29, 0.717) is 0 Å². The van der Waals surface area contributed by atoms with Crippen LogP contribution in [-0.2, 0) is 30.5 Å². The van der Waals surface area contributed by atoms with Crippen molar-refractivity contribution in [1.29, 1.82) is 0 Å². The predicted molar refractivity (Wildman–Crippen MR) is 201 cm³/mol. The largest absolute Gasteiger partial charge is 0.464 e. The van der Waals surface area contributed by atoms with E-state index < -0.39 is 112 Å². The Morgan fingerprint density at radius 2 is 0.667 bits per heavy atom. The van der Waals surface area contributed by atoms with Gasteiger partial charge in [0.25, 0.3) is 10.1 Å². The van der Waals surface area contributed by atoms with Crippen molar-refractivity contribution in [2.45, 2.75) is 117 Å². The van der Waals surface area contributed by atoms with Crippen molar-refractivity contribution in [3.05, 3.63) is 91.0 Å². The third-order valence-corrected chi connectivity index (χ3v) is 13.9. The van der Waals surface area contributed by atoms with E-state index in [2.05, 4.69) is 112 Å². The molecule has 0 amide bonds. The van der Waals surface area contributed by atoms with Gasteiger partial charge in [-0.05, 0) is 49.2 Å². The lowest BCUT2D eigenvalue weighted by Gasteiger charge is -2.49. The maximum atomic E-state index is 15.3. The second-order valence-electron chi connectivity index (χ2n) is 14.4. The zero-order valence-electron chi connectivity index (χ0n) is 34.5. The molecule has 410 valence electrons. The lowest BCUT2D eigenvalue weighted by atomic mass is 9.78. The summed E-state index contributed by atoms with van der Waals surface area (Å²) in [5.74, 6) is -100. The van der Waals surface area contributed by atoms with Gasteiger partial charge in [0, 0.05) is 5.33 Å². The second kappa shape index (κ2) is 21.4. The fourth-order valence-electron chi connectivity index (χ4n) is 5.76. The third kappa shape index (κ3) is 10.5. The monoisotopic (exact) mass is 1200 g/mol. The second-order valence-corrected chi connectivity index (χ2v) is 18.8. The van der Waals surface area contributed by atoms with Crippen molar-refractivity contribution in [1.82, 2.24) is 0 Å². The van der Waals surface area contributed by atoms with Gasteiger partial charge >= 0.3 is 82.3 Å². The van der Waals surface area contributed by atoms with Gasteiger partial charge < -0.3 is 4.74 Å². The van der Waals surface area contributed by atoms with Crippen LogP contribution in [0.4, 0.5) is 114 Å². The summed E-state index contributed by atoms with van der Waals surface area (Å²) in [6, 6.07) is 32.2. The molecule has 0 fully saturated rings. The summed E-state index contributed by atoms with van der Waals surface area (Å²) in [5.41, 5.74) is 0. The molecular formula is C38H28BrF26O5S2+. The number of unbranched alkanes of at least 4 members (excludes halogenated alkanes) is 3. The van der Waals surface area contributed by atoms with E-state index in [9.17, 15) is 110 Å². The first kappa shape index (κ1) is 64.2. The highest BCUT2D eigenvalue weighted by atomic mass is 79.9. The van der Waals surface area contributed by atoms with E-state index in [1.165, 1.54) is 14.7 Å². The molecule has 0 aliphatic carbocycles. The van der Waals surface area contributed by atoms with Crippen LogP contribution in [0.1, 0.15) is 25.7 Å². The molecule has 0 saturated heterocycles. The Balaban J connectivity index is 0.000000762. The van der Waals surface area contributed by atoms with Crippen LogP contribution in [-0.4, -0.2) is 107 Å². The van der Waals surface area contributed by atoms with Crippen LogP contribution in [0.5, 0.6) is 0 Å². The Morgan fingerprint density at radius 1 is 0.417 bits per heavy atom. The summed E-state index contributed by atoms with van der Waals surface area (Å²) in [5, 5.41) is 0.0275. The Morgan fingerprint density at radius 3 is 0.917 bits per heavy atom. The maximum absolute atomic E-state index is 15.3. The third-order valence-electron chi connectivity index (χ3n) is 9.62. The van der Waals surface area contributed by atoms with Crippen LogP contribution >= 0.6 is 15.9 Å². The number of carbonyl (C=O) groups is 1. The molecule has 0 saturated carbocycles. The van der Waals surface area contributed by atoms with Gasteiger partial charge in [0.1, 0.15) is 0 Å². The standard InChI is InChI=1S/C20H13BrF26O5S.C18H15S/c21-5-3-1-2-4-6-52-7(48)8(53(49,50)51,9(22,23)11(26,27)13(30,31)15(34,35)17(38,39)19(42,43)44)10(24,25)12(28,29)14(32,33)16(36,37)18(40,41)20(45,46)47;1-4-10-16(11-5-1)19(17-12-6-2-7-13-17)18-14-8-3-9-15-18/h1-6H2,(H,49,50,51);1-15H/q;+1. The number of benzene rings is 3. The zero-order valence-corrected chi connectivity index (χ0v) is 37.7. The minimum atomic E-state index is -9.86. The van der Waals surface area contributed by atoms with E-state index in [-0.39, 0.29) is 29.1 Å². The molecule has 0 bridgehead atoms. The number of hydrogen-bond donors (Lipinski definition) is 1. The van der Waals surface area contributed by atoms with Crippen molar-refractivity contribution < 1.29 is 137 Å². The molecule has 0 aromatic heterocycles. The normalized spacial score (nSPS) is 14.7. The van der Waals surface area contributed by atoms with E-state index in [1.54, 1.807) is 0 Å². The van der Waals surface area contributed by atoms with Gasteiger partial charge in [0.2, 0.25) is 0 Å². The number of carbonyl (C=O) groups excluding carboxylic acids is 1. The van der Waals surface area contributed by atoms with E-state index >= 15 is 17.6 Å². The minimum absolute atomic E-state index is 0.0146. The lowest BCUT2D eigenvalue weighted by Crippen LogP contribution is -2.84. The summed E-state index contributed by atoms with van der Waals surface area (Å²) in [6.07, 6.45) is -18.8. The van der Waals surface area contributed by atoms with Gasteiger partial charge in [-0.3, -0.25) is 4.55 Å². The quantitative estimate of drug-likeness (QED) is 0.0287. The molecule has 34 heteroatoms. The van der Waals surface area contributed by atoms with Gasteiger partial charge in [0.15, 0.2) is 14.7 Å². The molecule has 0 unspecified atom stereocenters.